The lowest BCUT2D eigenvalue weighted by molar-refractivity contribution is -0.122. The van der Waals surface area contributed by atoms with Gasteiger partial charge in [-0.05, 0) is 12.8 Å². The van der Waals surface area contributed by atoms with Crippen molar-refractivity contribution < 1.29 is 4.79 Å². The van der Waals surface area contributed by atoms with Crippen molar-refractivity contribution in [3.63, 3.8) is 0 Å². The van der Waals surface area contributed by atoms with Crippen molar-refractivity contribution in [1.29, 1.82) is 0 Å². The van der Waals surface area contributed by atoms with Crippen molar-refractivity contribution in [3.05, 3.63) is 0 Å². The molecule has 0 aromatic heterocycles. The normalized spacial score (nSPS) is 24.4. The lowest BCUT2D eigenvalue weighted by Crippen LogP contribution is -2.21. The minimum Gasteiger partial charge on any atom is -0.272 e. The van der Waals surface area contributed by atoms with E-state index in [1.807, 2.05) is 13.8 Å². The molecule has 0 saturated heterocycles. The number of rotatable bonds is 2. The zero-order valence-corrected chi connectivity index (χ0v) is 6.35. The number of hydrazone groups is 1. The molecule has 1 N–H and O–H groups in total. The second kappa shape index (κ2) is 2.82. The third-order valence-corrected chi connectivity index (χ3v) is 1.80. The molecule has 0 radical (unpaired) electrons. The predicted molar refractivity (Wildman–Crippen MR) is 39.6 cm³/mol. The van der Waals surface area contributed by atoms with Gasteiger partial charge >= 0.3 is 0 Å². The van der Waals surface area contributed by atoms with E-state index in [0.29, 0.717) is 0 Å². The van der Waals surface area contributed by atoms with Crippen molar-refractivity contribution in [1.82, 2.24) is 5.43 Å². The van der Waals surface area contributed by atoms with Crippen molar-refractivity contribution in [2.45, 2.75) is 26.7 Å². The van der Waals surface area contributed by atoms with E-state index in [9.17, 15) is 4.79 Å². The third-order valence-electron chi connectivity index (χ3n) is 1.80. The summed E-state index contributed by atoms with van der Waals surface area (Å²) < 4.78 is 0. The number of nitrogens with zero attached hydrogens (tertiary/aromatic N) is 1. The highest BCUT2D eigenvalue weighted by atomic mass is 16.2. The Hall–Kier alpha value is -0.860. The average Bonchev–Trinajstić information content (AvgIpc) is 2.30. The highest BCUT2D eigenvalue weighted by Crippen LogP contribution is 2.12. The molecule has 56 valence electrons. The van der Waals surface area contributed by atoms with E-state index in [1.54, 1.807) is 0 Å². The molecule has 1 unspecified atom stereocenters. The summed E-state index contributed by atoms with van der Waals surface area (Å²) in [6, 6.07) is 0. The molecule has 0 saturated carbocycles. The quantitative estimate of drug-likeness (QED) is 0.608. The number of hydrogen-bond donors (Lipinski definition) is 1. The standard InChI is InChI=1S/C7H12N2O/c1-3-5-6(4-2)8-9-7(5)10/h5H,3-4H2,1-2H3,(H,9,10). The van der Waals surface area contributed by atoms with Crippen LogP contribution in [0.15, 0.2) is 5.10 Å². The van der Waals surface area contributed by atoms with Crippen LogP contribution in [0, 0.1) is 5.92 Å². The first kappa shape index (κ1) is 7.25. The Morgan fingerprint density at radius 3 is 2.70 bits per heavy atom. The van der Waals surface area contributed by atoms with Gasteiger partial charge in [0, 0.05) is 0 Å². The Kier molecular flexibility index (Phi) is 2.04. The second-order valence-corrected chi connectivity index (χ2v) is 2.39. The first-order valence-electron chi connectivity index (χ1n) is 3.65. The molecule has 0 aromatic carbocycles. The van der Waals surface area contributed by atoms with E-state index in [1.165, 1.54) is 0 Å². The molecule has 1 amide bonds. The van der Waals surface area contributed by atoms with E-state index >= 15 is 0 Å². The van der Waals surface area contributed by atoms with Crippen LogP contribution >= 0.6 is 0 Å². The Morgan fingerprint density at radius 1 is 1.60 bits per heavy atom. The monoisotopic (exact) mass is 140 g/mol. The highest BCUT2D eigenvalue weighted by molar-refractivity contribution is 6.07. The number of hydrogen-bond acceptors (Lipinski definition) is 2. The summed E-state index contributed by atoms with van der Waals surface area (Å²) in [6.45, 7) is 4.02. The number of nitrogens with one attached hydrogen (secondary N) is 1. The number of carbonyl (C=O) groups excluding carboxylic acids is 1. The Labute approximate surface area is 60.5 Å². The molecular weight excluding hydrogens is 128 g/mol. The van der Waals surface area contributed by atoms with Gasteiger partial charge in [0.2, 0.25) is 5.91 Å². The third kappa shape index (κ3) is 1.03. The van der Waals surface area contributed by atoms with Gasteiger partial charge in [0.1, 0.15) is 0 Å². The van der Waals surface area contributed by atoms with Crippen LogP contribution in [-0.2, 0) is 4.79 Å². The maximum Gasteiger partial charge on any atom is 0.248 e. The first-order chi connectivity index (χ1) is 4.79. The molecule has 1 atom stereocenters. The molecule has 3 heteroatoms. The molecule has 0 bridgehead atoms. The van der Waals surface area contributed by atoms with Crippen LogP contribution in [-0.4, -0.2) is 11.6 Å². The molecule has 1 heterocycles. The van der Waals surface area contributed by atoms with Crippen LogP contribution in [0.1, 0.15) is 26.7 Å². The molecule has 0 aliphatic carbocycles. The highest BCUT2D eigenvalue weighted by Gasteiger charge is 2.25. The maximum absolute atomic E-state index is 10.9. The summed E-state index contributed by atoms with van der Waals surface area (Å²) in [6.07, 6.45) is 1.73. The summed E-state index contributed by atoms with van der Waals surface area (Å²) in [4.78, 5) is 10.9. The average molecular weight is 140 g/mol. The fraction of sp³-hybridized carbons (Fsp3) is 0.714. The SMILES string of the molecule is CCC1=NNC(=O)C1CC. The van der Waals surface area contributed by atoms with Gasteiger partial charge in [0.05, 0.1) is 11.6 Å². The molecule has 3 nitrogen and oxygen atoms in total. The summed E-state index contributed by atoms with van der Waals surface area (Å²) in [7, 11) is 0. The van der Waals surface area contributed by atoms with Crippen LogP contribution < -0.4 is 5.43 Å². The van der Waals surface area contributed by atoms with Crippen LogP contribution in [0.25, 0.3) is 0 Å². The minimum atomic E-state index is 0.0463. The Bertz CT molecular complexity index is 174. The van der Waals surface area contributed by atoms with Gasteiger partial charge in [-0.3, -0.25) is 4.79 Å². The summed E-state index contributed by atoms with van der Waals surface area (Å²) in [5.41, 5.74) is 3.46. The van der Waals surface area contributed by atoms with Crippen molar-refractivity contribution in [3.8, 4) is 0 Å². The molecule has 0 fully saturated rings. The maximum atomic E-state index is 10.9. The fourth-order valence-corrected chi connectivity index (χ4v) is 1.18. The lowest BCUT2D eigenvalue weighted by Gasteiger charge is -2.02. The fourth-order valence-electron chi connectivity index (χ4n) is 1.18. The van der Waals surface area contributed by atoms with E-state index in [2.05, 4.69) is 10.5 Å². The van der Waals surface area contributed by atoms with Crippen LogP contribution in [0.5, 0.6) is 0 Å². The van der Waals surface area contributed by atoms with Gasteiger partial charge in [-0.15, -0.1) is 0 Å². The van der Waals surface area contributed by atoms with E-state index in [4.69, 9.17) is 0 Å². The molecule has 0 spiro atoms. The van der Waals surface area contributed by atoms with Gasteiger partial charge in [-0.25, -0.2) is 5.43 Å². The Morgan fingerprint density at radius 2 is 2.30 bits per heavy atom. The van der Waals surface area contributed by atoms with Crippen LogP contribution in [0.3, 0.4) is 0 Å². The first-order valence-corrected chi connectivity index (χ1v) is 3.65. The molecule has 1 rings (SSSR count). The van der Waals surface area contributed by atoms with Crippen LogP contribution in [0.2, 0.25) is 0 Å². The van der Waals surface area contributed by atoms with Gasteiger partial charge < -0.3 is 0 Å². The summed E-state index contributed by atoms with van der Waals surface area (Å²) in [5.74, 6) is 0.101. The smallest absolute Gasteiger partial charge is 0.248 e. The largest absolute Gasteiger partial charge is 0.272 e. The summed E-state index contributed by atoms with van der Waals surface area (Å²) >= 11 is 0. The van der Waals surface area contributed by atoms with Crippen molar-refractivity contribution >= 4 is 11.6 Å². The topological polar surface area (TPSA) is 41.5 Å². The van der Waals surface area contributed by atoms with Crippen LogP contribution in [0.4, 0.5) is 0 Å². The van der Waals surface area contributed by atoms with Gasteiger partial charge in [-0.2, -0.15) is 5.10 Å². The van der Waals surface area contributed by atoms with Gasteiger partial charge in [-0.1, -0.05) is 13.8 Å². The molecule has 1 aliphatic heterocycles. The molecule has 10 heavy (non-hydrogen) atoms. The molecular formula is C7H12N2O. The Balaban J connectivity index is 2.66. The zero-order chi connectivity index (χ0) is 7.56. The minimum absolute atomic E-state index is 0.0463. The molecule has 1 aliphatic rings. The lowest BCUT2D eigenvalue weighted by atomic mass is 9.99. The van der Waals surface area contributed by atoms with E-state index < -0.39 is 0 Å². The predicted octanol–water partition coefficient (Wildman–Crippen LogP) is 0.908. The number of carbonyl (C=O) groups is 1. The van der Waals surface area contributed by atoms with E-state index in [-0.39, 0.29) is 11.8 Å². The second-order valence-electron chi connectivity index (χ2n) is 2.39. The number of amides is 1. The summed E-state index contributed by atoms with van der Waals surface area (Å²) in [5, 5.41) is 3.90. The van der Waals surface area contributed by atoms with Gasteiger partial charge in [0.15, 0.2) is 0 Å². The van der Waals surface area contributed by atoms with Crippen molar-refractivity contribution in [2.75, 3.05) is 0 Å². The van der Waals surface area contributed by atoms with E-state index in [0.717, 1.165) is 18.6 Å². The molecule has 0 aromatic rings. The van der Waals surface area contributed by atoms with Crippen molar-refractivity contribution in [2.24, 2.45) is 11.0 Å². The van der Waals surface area contributed by atoms with Gasteiger partial charge in [0.25, 0.3) is 0 Å². The zero-order valence-electron chi connectivity index (χ0n) is 6.35.